The molecule has 2 atom stereocenters. The summed E-state index contributed by atoms with van der Waals surface area (Å²) in [6.07, 6.45) is 6.89. The second-order valence-electron chi connectivity index (χ2n) is 6.48. The lowest BCUT2D eigenvalue weighted by molar-refractivity contribution is 0.0914. The van der Waals surface area contributed by atoms with E-state index in [0.29, 0.717) is 6.04 Å². The summed E-state index contributed by atoms with van der Waals surface area (Å²) in [6.45, 7) is 3.90. The number of hydrogen-bond donors (Lipinski definition) is 0. The Morgan fingerprint density at radius 3 is 2.42 bits per heavy atom. The lowest BCUT2D eigenvalue weighted by Gasteiger charge is -2.42. The van der Waals surface area contributed by atoms with Gasteiger partial charge in [0.1, 0.15) is 9.84 Å². The van der Waals surface area contributed by atoms with Crippen molar-refractivity contribution in [2.24, 2.45) is 5.41 Å². The molecule has 1 saturated heterocycles. The number of nitrogens with zero attached hydrogens (tertiary/aromatic N) is 2. The second-order valence-corrected chi connectivity index (χ2v) is 8.81. The van der Waals surface area contributed by atoms with E-state index in [1.807, 2.05) is 6.92 Å². The summed E-state index contributed by atoms with van der Waals surface area (Å²) in [6, 6.07) is 2.81. The van der Waals surface area contributed by atoms with Crippen LogP contribution in [0.5, 0.6) is 0 Å². The van der Waals surface area contributed by atoms with Crippen molar-refractivity contribution in [2.75, 3.05) is 19.3 Å². The summed E-state index contributed by atoms with van der Waals surface area (Å²) < 4.78 is 23.4. The van der Waals surface area contributed by atoms with Crippen LogP contribution in [0.15, 0.2) is 0 Å². The lowest BCUT2D eigenvalue weighted by atomic mass is 9.80. The first kappa shape index (κ1) is 14.8. The molecule has 4 nitrogen and oxygen atoms in total. The van der Waals surface area contributed by atoms with E-state index in [2.05, 4.69) is 11.0 Å². The molecule has 0 bridgehead atoms. The van der Waals surface area contributed by atoms with Gasteiger partial charge in [0, 0.05) is 12.3 Å². The number of piperidine rings is 1. The summed E-state index contributed by atoms with van der Waals surface area (Å²) in [5.74, 6) is 0. The summed E-state index contributed by atoms with van der Waals surface area (Å²) >= 11 is 0. The van der Waals surface area contributed by atoms with Crippen LogP contribution in [0.4, 0.5) is 0 Å². The van der Waals surface area contributed by atoms with Crippen LogP contribution >= 0.6 is 0 Å². The average Bonchev–Trinajstić information content (AvgIpc) is 2.39. The fraction of sp³-hybridized carbons (Fsp3) is 0.929. The smallest absolute Gasteiger partial charge is 0.150 e. The Morgan fingerprint density at radius 1 is 1.26 bits per heavy atom. The topological polar surface area (TPSA) is 61.2 Å². The first-order valence-electron chi connectivity index (χ1n) is 7.18. The van der Waals surface area contributed by atoms with E-state index < -0.39 is 9.84 Å². The van der Waals surface area contributed by atoms with E-state index in [9.17, 15) is 8.42 Å². The molecule has 19 heavy (non-hydrogen) atoms. The third-order valence-electron chi connectivity index (χ3n) is 4.89. The van der Waals surface area contributed by atoms with E-state index >= 15 is 0 Å². The normalized spacial score (nSPS) is 32.7. The van der Waals surface area contributed by atoms with Crippen molar-refractivity contribution >= 4 is 9.84 Å². The Kier molecular flexibility index (Phi) is 4.22. The van der Waals surface area contributed by atoms with Gasteiger partial charge >= 0.3 is 0 Å². The van der Waals surface area contributed by atoms with Gasteiger partial charge in [-0.25, -0.2) is 8.42 Å². The third kappa shape index (κ3) is 3.49. The molecule has 0 aromatic rings. The molecule has 108 valence electrons. The van der Waals surface area contributed by atoms with Gasteiger partial charge in [0.2, 0.25) is 0 Å². The van der Waals surface area contributed by atoms with Crippen LogP contribution in [0.3, 0.4) is 0 Å². The molecule has 1 aliphatic carbocycles. The average molecular weight is 284 g/mol. The zero-order valence-electron chi connectivity index (χ0n) is 11.9. The number of sulfone groups is 1. The molecule has 0 N–H and O–H groups in total. The van der Waals surface area contributed by atoms with Gasteiger partial charge in [-0.2, -0.15) is 5.26 Å². The maximum Gasteiger partial charge on any atom is 0.150 e. The van der Waals surface area contributed by atoms with Crippen molar-refractivity contribution in [1.82, 2.24) is 4.90 Å². The number of nitriles is 1. The number of hydrogen-bond acceptors (Lipinski definition) is 4. The fourth-order valence-corrected chi connectivity index (χ4v) is 4.50. The van der Waals surface area contributed by atoms with E-state index in [1.165, 1.54) is 6.26 Å². The highest BCUT2D eigenvalue weighted by Gasteiger charge is 2.36. The third-order valence-corrected chi connectivity index (χ3v) is 6.53. The van der Waals surface area contributed by atoms with Gasteiger partial charge in [-0.05, 0) is 52.1 Å². The van der Waals surface area contributed by atoms with Crippen LogP contribution in [0.25, 0.3) is 0 Å². The molecule has 5 heteroatoms. The van der Waals surface area contributed by atoms with E-state index in [-0.39, 0.29) is 10.7 Å². The van der Waals surface area contributed by atoms with E-state index in [1.54, 1.807) is 0 Å². The maximum absolute atomic E-state index is 11.7. The van der Waals surface area contributed by atoms with Crippen LogP contribution < -0.4 is 0 Å². The predicted molar refractivity (Wildman–Crippen MR) is 75.4 cm³/mol. The lowest BCUT2D eigenvalue weighted by Crippen LogP contribution is -2.47. The molecule has 1 saturated carbocycles. The SMILES string of the molecule is CC1(C#N)CCN(C2CCCC(S(C)(=O)=O)C2)CC1. The van der Waals surface area contributed by atoms with Crippen molar-refractivity contribution in [3.8, 4) is 6.07 Å². The molecule has 0 amide bonds. The predicted octanol–water partition coefficient (Wildman–Crippen LogP) is 1.97. The van der Waals surface area contributed by atoms with E-state index in [4.69, 9.17) is 5.26 Å². The number of likely N-dealkylation sites (tertiary alicyclic amines) is 1. The quantitative estimate of drug-likeness (QED) is 0.778. The molecule has 2 fully saturated rings. The van der Waals surface area contributed by atoms with Gasteiger partial charge in [0.25, 0.3) is 0 Å². The minimum absolute atomic E-state index is 0.157. The minimum atomic E-state index is -2.90. The second kappa shape index (κ2) is 5.41. The van der Waals surface area contributed by atoms with Crippen molar-refractivity contribution in [1.29, 1.82) is 5.26 Å². The van der Waals surface area contributed by atoms with Gasteiger partial charge in [-0.1, -0.05) is 6.42 Å². The Balaban J connectivity index is 1.95. The van der Waals surface area contributed by atoms with Crippen LogP contribution in [0.1, 0.15) is 45.4 Å². The molecule has 2 rings (SSSR count). The molecule has 2 unspecified atom stereocenters. The van der Waals surface area contributed by atoms with Crippen molar-refractivity contribution in [3.05, 3.63) is 0 Å². The van der Waals surface area contributed by atoms with Crippen LogP contribution in [0.2, 0.25) is 0 Å². The summed E-state index contributed by atoms with van der Waals surface area (Å²) in [5.41, 5.74) is -0.179. The minimum Gasteiger partial charge on any atom is -0.300 e. The van der Waals surface area contributed by atoms with Gasteiger partial charge < -0.3 is 4.90 Å². The van der Waals surface area contributed by atoms with Crippen molar-refractivity contribution < 1.29 is 8.42 Å². The van der Waals surface area contributed by atoms with Gasteiger partial charge in [-0.15, -0.1) is 0 Å². The summed E-state index contributed by atoms with van der Waals surface area (Å²) in [7, 11) is -2.90. The van der Waals surface area contributed by atoms with E-state index in [0.717, 1.165) is 51.6 Å². The molecule has 2 aliphatic rings. The largest absolute Gasteiger partial charge is 0.300 e. The highest BCUT2D eigenvalue weighted by Crippen LogP contribution is 2.34. The molecule has 1 heterocycles. The molecule has 0 spiro atoms. The molecule has 1 aliphatic heterocycles. The van der Waals surface area contributed by atoms with Crippen LogP contribution in [-0.4, -0.2) is 44.0 Å². The molecule has 0 radical (unpaired) electrons. The van der Waals surface area contributed by atoms with Gasteiger partial charge in [0.05, 0.1) is 16.7 Å². The summed E-state index contributed by atoms with van der Waals surface area (Å²) in [4.78, 5) is 2.41. The molecule has 0 aromatic carbocycles. The standard InChI is InChI=1S/C14H24N2O2S/c1-14(11-15)6-8-16(9-7-14)12-4-3-5-13(10-12)19(2,17)18/h12-13H,3-10H2,1-2H3. The van der Waals surface area contributed by atoms with Gasteiger partial charge in [0.15, 0.2) is 0 Å². The Morgan fingerprint density at radius 2 is 1.89 bits per heavy atom. The number of rotatable bonds is 2. The van der Waals surface area contributed by atoms with Gasteiger partial charge in [-0.3, -0.25) is 0 Å². The fourth-order valence-electron chi connectivity index (χ4n) is 3.34. The Hall–Kier alpha value is -0.600. The highest BCUT2D eigenvalue weighted by atomic mass is 32.2. The summed E-state index contributed by atoms with van der Waals surface area (Å²) in [5, 5.41) is 8.99. The van der Waals surface area contributed by atoms with Crippen LogP contribution in [0, 0.1) is 16.7 Å². The molecular formula is C14H24N2O2S. The first-order valence-corrected chi connectivity index (χ1v) is 9.14. The maximum atomic E-state index is 11.7. The monoisotopic (exact) mass is 284 g/mol. The first-order chi connectivity index (χ1) is 8.84. The highest BCUT2D eigenvalue weighted by molar-refractivity contribution is 7.91. The molecule has 0 aromatic heterocycles. The van der Waals surface area contributed by atoms with Crippen molar-refractivity contribution in [2.45, 2.75) is 56.7 Å². The van der Waals surface area contributed by atoms with Crippen molar-refractivity contribution in [3.63, 3.8) is 0 Å². The Labute approximate surface area is 116 Å². The zero-order chi connectivity index (χ0) is 14.1. The Bertz CT molecular complexity index is 458. The zero-order valence-corrected chi connectivity index (χ0v) is 12.7. The van der Waals surface area contributed by atoms with Crippen LogP contribution in [-0.2, 0) is 9.84 Å². The molecular weight excluding hydrogens is 260 g/mol.